The van der Waals surface area contributed by atoms with Crippen LogP contribution >= 0.6 is 24.0 Å². The first-order valence-electron chi connectivity index (χ1n) is 9.76. The molecule has 0 aliphatic carbocycles. The minimum atomic E-state index is 0. The predicted octanol–water partition coefficient (Wildman–Crippen LogP) is 2.13. The minimum absolute atomic E-state index is 0. The molecular formula is C18H36IN7. The molecule has 2 heterocycles. The summed E-state index contributed by atoms with van der Waals surface area (Å²) in [5.74, 6) is 2.60. The van der Waals surface area contributed by atoms with Crippen molar-refractivity contribution < 1.29 is 0 Å². The second-order valence-corrected chi connectivity index (χ2v) is 7.04. The van der Waals surface area contributed by atoms with Crippen LogP contribution in [0.4, 0.5) is 0 Å². The zero-order chi connectivity index (χ0) is 18.1. The molecule has 2 N–H and O–H groups in total. The van der Waals surface area contributed by atoms with Crippen LogP contribution in [0.5, 0.6) is 0 Å². The molecule has 1 fully saturated rings. The van der Waals surface area contributed by atoms with Crippen molar-refractivity contribution in [1.29, 1.82) is 0 Å². The third-order valence-corrected chi connectivity index (χ3v) is 4.79. The van der Waals surface area contributed by atoms with Crippen LogP contribution in [-0.4, -0.2) is 64.4 Å². The lowest BCUT2D eigenvalue weighted by Crippen LogP contribution is -2.42. The van der Waals surface area contributed by atoms with E-state index in [1.165, 1.54) is 25.9 Å². The number of halogens is 1. The van der Waals surface area contributed by atoms with Crippen LogP contribution in [0.1, 0.15) is 46.4 Å². The van der Waals surface area contributed by atoms with Gasteiger partial charge in [-0.2, -0.15) is 0 Å². The van der Waals surface area contributed by atoms with Crippen molar-refractivity contribution in [2.45, 2.75) is 59.5 Å². The fourth-order valence-corrected chi connectivity index (χ4v) is 3.31. The van der Waals surface area contributed by atoms with Crippen molar-refractivity contribution in [3.05, 3.63) is 12.2 Å². The van der Waals surface area contributed by atoms with Gasteiger partial charge in [-0.15, -0.1) is 34.2 Å². The molecule has 1 aromatic rings. The SMILES string of the molecule is CCNC(=NCC1CCCN(C(C)C)C1)NCCn1cnnc1CC.I. The third kappa shape index (κ3) is 7.38. The highest BCUT2D eigenvalue weighted by atomic mass is 127. The van der Waals surface area contributed by atoms with Gasteiger partial charge in [-0.05, 0) is 46.1 Å². The molecule has 0 bridgehead atoms. The summed E-state index contributed by atoms with van der Waals surface area (Å²) in [6.45, 7) is 14.6. The Labute approximate surface area is 175 Å². The molecule has 0 saturated carbocycles. The van der Waals surface area contributed by atoms with Crippen LogP contribution in [0.2, 0.25) is 0 Å². The van der Waals surface area contributed by atoms with E-state index in [-0.39, 0.29) is 24.0 Å². The van der Waals surface area contributed by atoms with E-state index < -0.39 is 0 Å². The van der Waals surface area contributed by atoms with E-state index in [9.17, 15) is 0 Å². The Morgan fingerprint density at radius 2 is 2.15 bits per heavy atom. The number of likely N-dealkylation sites (tertiary alicyclic amines) is 1. The Kier molecular flexibility index (Phi) is 11.1. The normalized spacial score (nSPS) is 18.7. The first kappa shape index (κ1) is 23.1. The number of piperidine rings is 1. The summed E-state index contributed by atoms with van der Waals surface area (Å²) in [6, 6.07) is 0.634. The monoisotopic (exact) mass is 477 g/mol. The summed E-state index contributed by atoms with van der Waals surface area (Å²) >= 11 is 0. The largest absolute Gasteiger partial charge is 0.357 e. The fourth-order valence-electron chi connectivity index (χ4n) is 3.31. The average molecular weight is 477 g/mol. The summed E-state index contributed by atoms with van der Waals surface area (Å²) in [5, 5.41) is 14.9. The van der Waals surface area contributed by atoms with E-state index in [1.54, 1.807) is 6.33 Å². The highest BCUT2D eigenvalue weighted by Crippen LogP contribution is 2.18. The molecule has 1 atom stereocenters. The minimum Gasteiger partial charge on any atom is -0.357 e. The van der Waals surface area contributed by atoms with Gasteiger partial charge in [0.05, 0.1) is 0 Å². The van der Waals surface area contributed by atoms with Crippen molar-refractivity contribution in [2.75, 3.05) is 32.7 Å². The summed E-state index contributed by atoms with van der Waals surface area (Å²) in [7, 11) is 0. The van der Waals surface area contributed by atoms with Gasteiger partial charge in [0.2, 0.25) is 0 Å². The molecule has 0 amide bonds. The van der Waals surface area contributed by atoms with Crippen molar-refractivity contribution in [2.24, 2.45) is 10.9 Å². The maximum atomic E-state index is 4.82. The van der Waals surface area contributed by atoms with Crippen molar-refractivity contribution in [3.63, 3.8) is 0 Å². The Morgan fingerprint density at radius 1 is 1.35 bits per heavy atom. The van der Waals surface area contributed by atoms with E-state index in [1.807, 2.05) is 0 Å². The summed E-state index contributed by atoms with van der Waals surface area (Å²) in [6.07, 6.45) is 5.28. The van der Waals surface area contributed by atoms with Gasteiger partial charge in [0, 0.05) is 45.2 Å². The van der Waals surface area contributed by atoms with Crippen molar-refractivity contribution in [1.82, 2.24) is 30.3 Å². The van der Waals surface area contributed by atoms with Gasteiger partial charge in [0.25, 0.3) is 0 Å². The van der Waals surface area contributed by atoms with Gasteiger partial charge in [-0.3, -0.25) is 4.99 Å². The van der Waals surface area contributed by atoms with E-state index in [0.717, 1.165) is 44.4 Å². The first-order chi connectivity index (χ1) is 12.1. The summed E-state index contributed by atoms with van der Waals surface area (Å²) in [4.78, 5) is 7.39. The molecule has 1 aromatic heterocycles. The van der Waals surface area contributed by atoms with E-state index in [4.69, 9.17) is 4.99 Å². The summed E-state index contributed by atoms with van der Waals surface area (Å²) in [5.41, 5.74) is 0. The van der Waals surface area contributed by atoms with Gasteiger partial charge in [0.15, 0.2) is 5.96 Å². The number of aliphatic imine (C=N–C) groups is 1. The summed E-state index contributed by atoms with van der Waals surface area (Å²) < 4.78 is 2.10. The molecule has 1 unspecified atom stereocenters. The number of nitrogens with one attached hydrogen (secondary N) is 2. The number of guanidine groups is 1. The third-order valence-electron chi connectivity index (χ3n) is 4.79. The van der Waals surface area contributed by atoms with Crippen molar-refractivity contribution in [3.8, 4) is 0 Å². The molecule has 8 heteroatoms. The van der Waals surface area contributed by atoms with Crippen molar-refractivity contribution >= 4 is 29.9 Å². The number of aryl methyl sites for hydroxylation is 1. The molecule has 1 aliphatic rings. The molecule has 2 rings (SSSR count). The number of rotatable bonds is 8. The average Bonchev–Trinajstić information content (AvgIpc) is 3.07. The second-order valence-electron chi connectivity index (χ2n) is 7.04. The van der Waals surface area contributed by atoms with E-state index in [2.05, 4.69) is 58.0 Å². The second kappa shape index (κ2) is 12.5. The number of aromatic nitrogens is 3. The van der Waals surface area contributed by atoms with Gasteiger partial charge >= 0.3 is 0 Å². The molecule has 1 saturated heterocycles. The molecule has 0 radical (unpaired) electrons. The highest BCUT2D eigenvalue weighted by molar-refractivity contribution is 14.0. The number of nitrogens with zero attached hydrogens (tertiary/aromatic N) is 5. The van der Waals surface area contributed by atoms with Crippen LogP contribution in [0.25, 0.3) is 0 Å². The topological polar surface area (TPSA) is 70.4 Å². The number of hydrogen-bond donors (Lipinski definition) is 2. The Morgan fingerprint density at radius 3 is 2.85 bits per heavy atom. The van der Waals surface area contributed by atoms with Crippen LogP contribution in [0.3, 0.4) is 0 Å². The van der Waals surface area contributed by atoms with Gasteiger partial charge in [-0.1, -0.05) is 6.92 Å². The van der Waals surface area contributed by atoms with Crippen LogP contribution in [0, 0.1) is 5.92 Å². The van der Waals surface area contributed by atoms with Crippen LogP contribution < -0.4 is 10.6 Å². The lowest BCUT2D eigenvalue weighted by Gasteiger charge is -2.34. The zero-order valence-corrected chi connectivity index (χ0v) is 19.1. The van der Waals surface area contributed by atoms with Gasteiger partial charge in [-0.25, -0.2) is 0 Å². The lowest BCUT2D eigenvalue weighted by atomic mass is 9.97. The van der Waals surface area contributed by atoms with Gasteiger partial charge in [0.1, 0.15) is 12.2 Å². The molecule has 150 valence electrons. The molecular weight excluding hydrogens is 441 g/mol. The maximum absolute atomic E-state index is 4.82. The molecule has 26 heavy (non-hydrogen) atoms. The predicted molar refractivity (Wildman–Crippen MR) is 118 cm³/mol. The molecule has 7 nitrogen and oxygen atoms in total. The zero-order valence-electron chi connectivity index (χ0n) is 16.7. The van der Waals surface area contributed by atoms with E-state index in [0.29, 0.717) is 12.0 Å². The molecule has 1 aliphatic heterocycles. The van der Waals surface area contributed by atoms with Crippen LogP contribution in [0.15, 0.2) is 11.3 Å². The van der Waals surface area contributed by atoms with Crippen LogP contribution in [-0.2, 0) is 13.0 Å². The molecule has 0 aromatic carbocycles. The quantitative estimate of drug-likeness (QED) is 0.341. The van der Waals surface area contributed by atoms with E-state index >= 15 is 0 Å². The Hall–Kier alpha value is -0.900. The lowest BCUT2D eigenvalue weighted by molar-refractivity contribution is 0.143. The smallest absolute Gasteiger partial charge is 0.191 e. The Balaban J connectivity index is 0.00000338. The Bertz CT molecular complexity index is 529. The fraction of sp³-hybridized carbons (Fsp3) is 0.833. The maximum Gasteiger partial charge on any atom is 0.191 e. The number of hydrogen-bond acceptors (Lipinski definition) is 4. The first-order valence-corrected chi connectivity index (χ1v) is 9.76. The highest BCUT2D eigenvalue weighted by Gasteiger charge is 2.21. The molecule has 0 spiro atoms. The van der Waals surface area contributed by atoms with Gasteiger partial charge < -0.3 is 20.1 Å². The standard InChI is InChI=1S/C18H35N7.HI/c1-5-17-23-22-14-25(17)11-9-20-18(19-6-2)21-12-16-8-7-10-24(13-16)15(3)4;/h14-16H,5-13H2,1-4H3,(H2,19,20,21);1H.